The number of nitrogens with zero attached hydrogens (tertiary/aromatic N) is 1. The Balaban J connectivity index is 2.01. The summed E-state index contributed by atoms with van der Waals surface area (Å²) in [6.07, 6.45) is 1.58. The zero-order valence-electron chi connectivity index (χ0n) is 9.51. The molecule has 0 saturated heterocycles. The molecule has 0 radical (unpaired) electrons. The lowest BCUT2D eigenvalue weighted by Crippen LogP contribution is -2.17. The Bertz CT molecular complexity index is 567. The predicted molar refractivity (Wildman–Crippen MR) is 73.0 cm³/mol. The third-order valence-electron chi connectivity index (χ3n) is 2.30. The molecule has 4 heteroatoms. The van der Waals surface area contributed by atoms with Crippen LogP contribution < -0.4 is 5.43 Å². The summed E-state index contributed by atoms with van der Waals surface area (Å²) in [4.78, 5) is 11.7. The molecule has 0 aromatic heterocycles. The van der Waals surface area contributed by atoms with Crippen molar-refractivity contribution >= 4 is 23.7 Å². The summed E-state index contributed by atoms with van der Waals surface area (Å²) < 4.78 is 0. The fourth-order valence-corrected chi connectivity index (χ4v) is 1.63. The highest BCUT2D eigenvalue weighted by molar-refractivity contribution is 6.33. The summed E-state index contributed by atoms with van der Waals surface area (Å²) in [6, 6.07) is 16.3. The van der Waals surface area contributed by atoms with Crippen molar-refractivity contribution in [1.82, 2.24) is 5.43 Å². The average Bonchev–Trinajstić information content (AvgIpc) is 2.40. The first-order valence-corrected chi connectivity index (χ1v) is 5.78. The van der Waals surface area contributed by atoms with Gasteiger partial charge in [-0.25, -0.2) is 5.43 Å². The molecule has 1 amide bonds. The maximum atomic E-state index is 11.7. The van der Waals surface area contributed by atoms with Crippen LogP contribution in [0.15, 0.2) is 59.7 Å². The van der Waals surface area contributed by atoms with E-state index in [2.05, 4.69) is 10.5 Å². The number of amides is 1. The lowest BCUT2D eigenvalue weighted by atomic mass is 10.2. The first kappa shape index (κ1) is 12.3. The van der Waals surface area contributed by atoms with Gasteiger partial charge in [-0.3, -0.25) is 4.79 Å². The van der Waals surface area contributed by atoms with E-state index in [1.54, 1.807) is 30.5 Å². The summed E-state index contributed by atoms with van der Waals surface area (Å²) >= 11 is 5.90. The Morgan fingerprint density at radius 2 is 1.72 bits per heavy atom. The molecule has 0 unspecified atom stereocenters. The lowest BCUT2D eigenvalue weighted by Gasteiger charge is -2.01. The Labute approximate surface area is 110 Å². The largest absolute Gasteiger partial charge is 0.272 e. The van der Waals surface area contributed by atoms with Crippen LogP contribution >= 0.6 is 11.6 Å². The second kappa shape index (κ2) is 5.98. The van der Waals surface area contributed by atoms with Gasteiger partial charge in [0.2, 0.25) is 0 Å². The molecule has 0 spiro atoms. The molecule has 3 nitrogen and oxygen atoms in total. The van der Waals surface area contributed by atoms with Gasteiger partial charge < -0.3 is 0 Å². The minimum atomic E-state index is -0.326. The van der Waals surface area contributed by atoms with Crippen LogP contribution in [0.4, 0.5) is 0 Å². The van der Waals surface area contributed by atoms with Gasteiger partial charge in [-0.05, 0) is 17.7 Å². The zero-order chi connectivity index (χ0) is 12.8. The van der Waals surface area contributed by atoms with Crippen LogP contribution in [0.3, 0.4) is 0 Å². The van der Waals surface area contributed by atoms with Crippen LogP contribution in [-0.4, -0.2) is 12.1 Å². The average molecular weight is 259 g/mol. The van der Waals surface area contributed by atoms with Crippen LogP contribution in [0.5, 0.6) is 0 Å². The number of benzene rings is 2. The summed E-state index contributed by atoms with van der Waals surface area (Å²) in [5.41, 5.74) is 3.76. The first-order chi connectivity index (χ1) is 8.77. The van der Waals surface area contributed by atoms with E-state index in [-0.39, 0.29) is 5.91 Å². The molecule has 18 heavy (non-hydrogen) atoms. The van der Waals surface area contributed by atoms with Crippen molar-refractivity contribution in [2.45, 2.75) is 0 Å². The third kappa shape index (κ3) is 3.18. The van der Waals surface area contributed by atoms with E-state index in [0.717, 1.165) is 5.56 Å². The van der Waals surface area contributed by atoms with E-state index >= 15 is 0 Å². The molecular weight excluding hydrogens is 248 g/mol. The van der Waals surface area contributed by atoms with Gasteiger partial charge in [-0.2, -0.15) is 5.10 Å². The molecule has 0 saturated carbocycles. The summed E-state index contributed by atoms with van der Waals surface area (Å²) in [7, 11) is 0. The number of carbonyl (C=O) groups excluding carboxylic acids is 1. The Morgan fingerprint density at radius 1 is 1.06 bits per heavy atom. The van der Waals surface area contributed by atoms with Crippen molar-refractivity contribution in [2.24, 2.45) is 5.10 Å². The van der Waals surface area contributed by atoms with E-state index in [9.17, 15) is 4.79 Å². The predicted octanol–water partition coefficient (Wildman–Crippen LogP) is 3.10. The van der Waals surface area contributed by atoms with Crippen molar-refractivity contribution in [3.63, 3.8) is 0 Å². The monoisotopic (exact) mass is 258 g/mol. The molecule has 90 valence electrons. The normalized spacial score (nSPS) is 10.5. The minimum Gasteiger partial charge on any atom is -0.267 e. The van der Waals surface area contributed by atoms with Gasteiger partial charge in [0.25, 0.3) is 5.91 Å². The second-order valence-corrected chi connectivity index (χ2v) is 4.00. The molecular formula is C14H11ClN2O. The van der Waals surface area contributed by atoms with Gasteiger partial charge in [0.15, 0.2) is 0 Å². The Morgan fingerprint density at radius 3 is 2.44 bits per heavy atom. The standard InChI is InChI=1S/C14H11ClN2O/c15-13-9-5-4-8-12(13)14(18)17-16-10-11-6-2-1-3-7-11/h1-10H,(H,17,18)/b16-10+. The van der Waals surface area contributed by atoms with Crippen LogP contribution in [0.1, 0.15) is 15.9 Å². The number of hydrazone groups is 1. The second-order valence-electron chi connectivity index (χ2n) is 3.59. The molecule has 0 aliphatic rings. The van der Waals surface area contributed by atoms with Crippen molar-refractivity contribution in [2.75, 3.05) is 0 Å². The maximum absolute atomic E-state index is 11.7. The van der Waals surface area contributed by atoms with E-state index < -0.39 is 0 Å². The minimum absolute atomic E-state index is 0.326. The summed E-state index contributed by atoms with van der Waals surface area (Å²) in [5, 5.41) is 4.28. The Kier molecular flexibility index (Phi) is 4.10. The number of carbonyl (C=O) groups is 1. The maximum Gasteiger partial charge on any atom is 0.272 e. The van der Waals surface area contributed by atoms with Gasteiger partial charge in [-0.1, -0.05) is 54.1 Å². The molecule has 0 heterocycles. The van der Waals surface area contributed by atoms with Crippen molar-refractivity contribution < 1.29 is 4.79 Å². The number of hydrogen-bond acceptors (Lipinski definition) is 2. The molecule has 1 N–H and O–H groups in total. The number of halogens is 1. The van der Waals surface area contributed by atoms with E-state index in [1.807, 2.05) is 30.3 Å². The topological polar surface area (TPSA) is 41.5 Å². The smallest absolute Gasteiger partial charge is 0.267 e. The molecule has 0 aliphatic heterocycles. The van der Waals surface area contributed by atoms with Crippen molar-refractivity contribution in [3.8, 4) is 0 Å². The van der Waals surface area contributed by atoms with Gasteiger partial charge in [0.05, 0.1) is 16.8 Å². The first-order valence-electron chi connectivity index (χ1n) is 5.40. The molecule has 2 rings (SSSR count). The van der Waals surface area contributed by atoms with Gasteiger partial charge >= 0.3 is 0 Å². The zero-order valence-corrected chi connectivity index (χ0v) is 10.3. The summed E-state index contributed by atoms with van der Waals surface area (Å²) in [5.74, 6) is -0.326. The fraction of sp³-hybridized carbons (Fsp3) is 0. The third-order valence-corrected chi connectivity index (χ3v) is 2.63. The summed E-state index contributed by atoms with van der Waals surface area (Å²) in [6.45, 7) is 0. The van der Waals surface area contributed by atoms with Crippen molar-refractivity contribution in [3.05, 3.63) is 70.7 Å². The molecule has 0 aliphatic carbocycles. The highest BCUT2D eigenvalue weighted by Gasteiger charge is 2.07. The number of hydrogen-bond donors (Lipinski definition) is 1. The van der Waals surface area contributed by atoms with Crippen molar-refractivity contribution in [1.29, 1.82) is 0 Å². The lowest BCUT2D eigenvalue weighted by molar-refractivity contribution is 0.0955. The molecule has 2 aromatic rings. The highest BCUT2D eigenvalue weighted by atomic mass is 35.5. The van der Waals surface area contributed by atoms with Gasteiger partial charge in [0, 0.05) is 0 Å². The SMILES string of the molecule is O=C(N/N=C/c1ccccc1)c1ccccc1Cl. The van der Waals surface area contributed by atoms with Crippen LogP contribution in [0.25, 0.3) is 0 Å². The molecule has 2 aromatic carbocycles. The quantitative estimate of drug-likeness (QED) is 0.667. The van der Waals surface area contributed by atoms with E-state index in [4.69, 9.17) is 11.6 Å². The highest BCUT2D eigenvalue weighted by Crippen LogP contribution is 2.14. The van der Waals surface area contributed by atoms with E-state index in [0.29, 0.717) is 10.6 Å². The molecule has 0 fully saturated rings. The fourth-order valence-electron chi connectivity index (χ4n) is 1.41. The number of rotatable bonds is 3. The van der Waals surface area contributed by atoms with Crippen LogP contribution in [0.2, 0.25) is 5.02 Å². The van der Waals surface area contributed by atoms with Crippen LogP contribution in [-0.2, 0) is 0 Å². The Hall–Kier alpha value is -2.13. The van der Waals surface area contributed by atoms with Crippen LogP contribution in [0, 0.1) is 0 Å². The molecule has 0 bridgehead atoms. The molecule has 0 atom stereocenters. The van der Waals surface area contributed by atoms with Gasteiger partial charge in [0.1, 0.15) is 0 Å². The number of nitrogens with one attached hydrogen (secondary N) is 1. The van der Waals surface area contributed by atoms with E-state index in [1.165, 1.54) is 0 Å². The van der Waals surface area contributed by atoms with Gasteiger partial charge in [-0.15, -0.1) is 0 Å².